The Bertz CT molecular complexity index is 944. The van der Waals surface area contributed by atoms with Crippen LogP contribution >= 0.6 is 27.3 Å². The highest BCUT2D eigenvalue weighted by Gasteiger charge is 2.23. The van der Waals surface area contributed by atoms with Crippen molar-refractivity contribution in [2.75, 3.05) is 5.32 Å². The zero-order valence-electron chi connectivity index (χ0n) is 13.5. The van der Waals surface area contributed by atoms with Crippen LogP contribution in [-0.2, 0) is 12.8 Å². The SMILES string of the molecule is Cc1c(C(=O)Nc2nc3c(s2)C[C@@H](C)CC3)oc2cc(Br)ccc12. The second-order valence-electron chi connectivity index (χ2n) is 6.39. The van der Waals surface area contributed by atoms with Crippen molar-refractivity contribution in [3.8, 4) is 0 Å². The Balaban J connectivity index is 1.62. The molecule has 0 bridgehead atoms. The Kier molecular flexibility index (Phi) is 3.96. The largest absolute Gasteiger partial charge is 0.451 e. The summed E-state index contributed by atoms with van der Waals surface area (Å²) in [5.41, 5.74) is 2.70. The van der Waals surface area contributed by atoms with Gasteiger partial charge in [-0.1, -0.05) is 22.9 Å². The lowest BCUT2D eigenvalue weighted by atomic mass is 9.93. The van der Waals surface area contributed by atoms with Crippen LogP contribution in [0.25, 0.3) is 11.0 Å². The number of benzene rings is 1. The molecule has 1 aliphatic rings. The summed E-state index contributed by atoms with van der Waals surface area (Å²) < 4.78 is 6.70. The number of anilines is 1. The lowest BCUT2D eigenvalue weighted by Gasteiger charge is -2.15. The molecule has 0 saturated carbocycles. The number of halogens is 1. The summed E-state index contributed by atoms with van der Waals surface area (Å²) >= 11 is 5.01. The number of rotatable bonds is 2. The van der Waals surface area contributed by atoms with Crippen LogP contribution in [0.4, 0.5) is 5.13 Å². The molecule has 1 amide bonds. The Morgan fingerprint density at radius 2 is 2.29 bits per heavy atom. The first-order valence-electron chi connectivity index (χ1n) is 8.00. The van der Waals surface area contributed by atoms with E-state index in [1.54, 1.807) is 11.3 Å². The first kappa shape index (κ1) is 15.8. The number of aromatic nitrogens is 1. The van der Waals surface area contributed by atoms with Crippen LogP contribution in [0.3, 0.4) is 0 Å². The van der Waals surface area contributed by atoms with Crippen molar-refractivity contribution in [2.24, 2.45) is 5.92 Å². The van der Waals surface area contributed by atoms with Gasteiger partial charge < -0.3 is 4.42 Å². The van der Waals surface area contributed by atoms with Crippen molar-refractivity contribution >= 4 is 49.3 Å². The molecule has 0 aliphatic heterocycles. The lowest BCUT2D eigenvalue weighted by Crippen LogP contribution is -2.12. The van der Waals surface area contributed by atoms with Gasteiger partial charge in [0.15, 0.2) is 10.9 Å². The number of carbonyl (C=O) groups excluding carboxylic acids is 1. The average Bonchev–Trinajstić information content (AvgIpc) is 3.07. The Morgan fingerprint density at radius 3 is 3.12 bits per heavy atom. The molecular weight excluding hydrogens is 388 g/mol. The van der Waals surface area contributed by atoms with E-state index in [-0.39, 0.29) is 5.91 Å². The van der Waals surface area contributed by atoms with Crippen LogP contribution in [0.1, 0.15) is 40.0 Å². The lowest BCUT2D eigenvalue weighted by molar-refractivity contribution is 0.0998. The number of fused-ring (bicyclic) bond motifs is 2. The van der Waals surface area contributed by atoms with E-state index in [0.29, 0.717) is 22.4 Å². The Labute approximate surface area is 152 Å². The van der Waals surface area contributed by atoms with E-state index >= 15 is 0 Å². The van der Waals surface area contributed by atoms with Gasteiger partial charge in [0, 0.05) is 20.3 Å². The number of nitrogens with one attached hydrogen (secondary N) is 1. The number of amides is 1. The topological polar surface area (TPSA) is 55.1 Å². The molecule has 1 aliphatic carbocycles. The number of furan rings is 1. The number of nitrogens with zero attached hydrogens (tertiary/aromatic N) is 1. The zero-order valence-corrected chi connectivity index (χ0v) is 15.9. The predicted octanol–water partition coefficient (Wildman–Crippen LogP) is 5.34. The summed E-state index contributed by atoms with van der Waals surface area (Å²) in [5, 5.41) is 4.53. The van der Waals surface area contributed by atoms with Gasteiger partial charge in [0.2, 0.25) is 0 Å². The van der Waals surface area contributed by atoms with E-state index in [1.165, 1.54) is 11.3 Å². The number of aryl methyl sites for hydroxylation is 2. The minimum absolute atomic E-state index is 0.237. The standard InChI is InChI=1S/C18H17BrN2O2S/c1-9-3-6-13-15(7-9)24-18(20-13)21-17(22)16-10(2)12-5-4-11(19)8-14(12)23-16/h4-5,8-9H,3,6-7H2,1-2H3,(H,20,21,22)/t9-/m0/s1. The van der Waals surface area contributed by atoms with Crippen molar-refractivity contribution in [2.45, 2.75) is 33.1 Å². The van der Waals surface area contributed by atoms with Gasteiger partial charge in [0.25, 0.3) is 5.91 Å². The Morgan fingerprint density at radius 1 is 1.46 bits per heavy atom. The zero-order chi connectivity index (χ0) is 16.8. The van der Waals surface area contributed by atoms with Gasteiger partial charge in [-0.05, 0) is 50.3 Å². The van der Waals surface area contributed by atoms with E-state index in [2.05, 4.69) is 33.2 Å². The summed E-state index contributed by atoms with van der Waals surface area (Å²) in [6.07, 6.45) is 3.23. The monoisotopic (exact) mass is 404 g/mol. The quantitative estimate of drug-likeness (QED) is 0.627. The number of hydrogen-bond acceptors (Lipinski definition) is 4. The number of carbonyl (C=O) groups is 1. The van der Waals surface area contributed by atoms with Crippen molar-refractivity contribution in [3.63, 3.8) is 0 Å². The fraction of sp³-hybridized carbons (Fsp3) is 0.333. The molecule has 1 atom stereocenters. The van der Waals surface area contributed by atoms with Crippen LogP contribution in [-0.4, -0.2) is 10.9 Å². The molecule has 0 unspecified atom stereocenters. The third-order valence-corrected chi connectivity index (χ3v) is 6.04. The maximum atomic E-state index is 12.6. The van der Waals surface area contributed by atoms with Gasteiger partial charge in [-0.2, -0.15) is 0 Å². The van der Waals surface area contributed by atoms with Gasteiger partial charge in [0.1, 0.15) is 5.58 Å². The summed E-state index contributed by atoms with van der Waals surface area (Å²) in [4.78, 5) is 18.5. The maximum Gasteiger partial charge on any atom is 0.293 e. The molecule has 1 aromatic carbocycles. The van der Waals surface area contributed by atoms with Crippen LogP contribution < -0.4 is 5.32 Å². The molecule has 0 saturated heterocycles. The molecule has 2 heterocycles. The first-order valence-corrected chi connectivity index (χ1v) is 9.61. The highest BCUT2D eigenvalue weighted by Crippen LogP contribution is 2.33. The molecule has 24 heavy (non-hydrogen) atoms. The van der Waals surface area contributed by atoms with E-state index in [1.807, 2.05) is 25.1 Å². The minimum atomic E-state index is -0.237. The van der Waals surface area contributed by atoms with Crippen LogP contribution in [0.5, 0.6) is 0 Å². The van der Waals surface area contributed by atoms with Gasteiger partial charge in [-0.15, -0.1) is 11.3 Å². The van der Waals surface area contributed by atoms with Crippen LogP contribution in [0.15, 0.2) is 27.1 Å². The molecule has 4 rings (SSSR count). The van der Waals surface area contributed by atoms with E-state index in [4.69, 9.17) is 4.42 Å². The third-order valence-electron chi connectivity index (χ3n) is 4.51. The van der Waals surface area contributed by atoms with Crippen molar-refractivity contribution < 1.29 is 9.21 Å². The molecule has 6 heteroatoms. The highest BCUT2D eigenvalue weighted by atomic mass is 79.9. The summed E-state index contributed by atoms with van der Waals surface area (Å²) in [7, 11) is 0. The van der Waals surface area contributed by atoms with Gasteiger partial charge in [-0.3, -0.25) is 10.1 Å². The van der Waals surface area contributed by atoms with E-state index in [9.17, 15) is 4.79 Å². The average molecular weight is 405 g/mol. The smallest absolute Gasteiger partial charge is 0.293 e. The van der Waals surface area contributed by atoms with Gasteiger partial charge in [-0.25, -0.2) is 4.98 Å². The normalized spacial score (nSPS) is 17.0. The first-order chi connectivity index (χ1) is 11.5. The molecule has 124 valence electrons. The van der Waals surface area contributed by atoms with E-state index in [0.717, 1.165) is 34.0 Å². The number of thiazole rings is 1. The van der Waals surface area contributed by atoms with Crippen LogP contribution in [0.2, 0.25) is 0 Å². The maximum absolute atomic E-state index is 12.6. The summed E-state index contributed by atoms with van der Waals surface area (Å²) in [6.45, 7) is 4.17. The van der Waals surface area contributed by atoms with Gasteiger partial charge in [0.05, 0.1) is 5.69 Å². The van der Waals surface area contributed by atoms with E-state index < -0.39 is 0 Å². The molecule has 0 fully saturated rings. The highest BCUT2D eigenvalue weighted by molar-refractivity contribution is 9.10. The molecule has 4 nitrogen and oxygen atoms in total. The fourth-order valence-electron chi connectivity index (χ4n) is 3.16. The minimum Gasteiger partial charge on any atom is -0.451 e. The summed E-state index contributed by atoms with van der Waals surface area (Å²) in [5.74, 6) is 0.807. The summed E-state index contributed by atoms with van der Waals surface area (Å²) in [6, 6.07) is 5.78. The molecular formula is C18H17BrN2O2S. The molecule has 1 N–H and O–H groups in total. The molecule has 0 spiro atoms. The van der Waals surface area contributed by atoms with Crippen molar-refractivity contribution in [1.82, 2.24) is 4.98 Å². The van der Waals surface area contributed by atoms with Crippen molar-refractivity contribution in [3.05, 3.63) is 44.6 Å². The number of hydrogen-bond donors (Lipinski definition) is 1. The molecule has 3 aromatic rings. The molecule has 2 aromatic heterocycles. The predicted molar refractivity (Wildman–Crippen MR) is 99.9 cm³/mol. The second kappa shape index (κ2) is 6.01. The molecule has 0 radical (unpaired) electrons. The van der Waals surface area contributed by atoms with Crippen LogP contribution in [0, 0.1) is 12.8 Å². The fourth-order valence-corrected chi connectivity index (χ4v) is 4.67. The van der Waals surface area contributed by atoms with Gasteiger partial charge >= 0.3 is 0 Å². The Hall–Kier alpha value is -1.66. The van der Waals surface area contributed by atoms with Crippen molar-refractivity contribution in [1.29, 1.82) is 0 Å². The third kappa shape index (κ3) is 2.78. The second-order valence-corrected chi connectivity index (χ2v) is 8.39.